The van der Waals surface area contributed by atoms with Gasteiger partial charge in [0, 0.05) is 38.6 Å². The van der Waals surface area contributed by atoms with E-state index in [9.17, 15) is 4.39 Å². The van der Waals surface area contributed by atoms with E-state index in [1.54, 1.807) is 33.2 Å². The first-order valence-electron chi connectivity index (χ1n) is 13.1. The number of halogens is 1. The molecule has 0 amide bonds. The van der Waals surface area contributed by atoms with Crippen LogP contribution < -0.4 is 15.2 Å². The van der Waals surface area contributed by atoms with Crippen molar-refractivity contribution in [3.05, 3.63) is 104 Å². The Labute approximate surface area is 219 Å². The summed E-state index contributed by atoms with van der Waals surface area (Å²) in [5.41, 5.74) is 9.02. The van der Waals surface area contributed by atoms with E-state index in [0.29, 0.717) is 35.4 Å². The number of allylic oxidation sites excluding steroid dienone is 6. The molecule has 4 heteroatoms. The molecular formula is C32H27FOS2. The molecule has 4 unspecified atom stereocenters. The topological polar surface area (TPSA) is 9.23 Å². The zero-order valence-electron chi connectivity index (χ0n) is 20.2. The van der Waals surface area contributed by atoms with Gasteiger partial charge < -0.3 is 4.74 Å². The van der Waals surface area contributed by atoms with E-state index in [0.717, 1.165) is 12.2 Å². The highest BCUT2D eigenvalue weighted by Gasteiger charge is 2.45. The average Bonchev–Trinajstić information content (AvgIpc) is 3.64. The van der Waals surface area contributed by atoms with Crippen molar-refractivity contribution in [2.45, 2.75) is 54.9 Å². The first-order valence-corrected chi connectivity index (χ1v) is 14.9. The van der Waals surface area contributed by atoms with Gasteiger partial charge >= 0.3 is 0 Å². The fourth-order valence-electron chi connectivity index (χ4n) is 7.12. The molecule has 4 atom stereocenters. The predicted molar refractivity (Wildman–Crippen MR) is 150 cm³/mol. The standard InChI is InChI=1S/C32H27FOS2/c1-2-34-20-5-3-4-18(14-20)28-16-26-22-11-10-21-25-15-27(17-6-8-19(33)9-7-17)35-31(25)23-12-13-24(32(26)36-28)30(22)29(21)23/h3-6,8,10-11,14-16,25-26,31-32H,2,7,9,12-13H2,1H3. The van der Waals surface area contributed by atoms with Gasteiger partial charge in [0.15, 0.2) is 0 Å². The van der Waals surface area contributed by atoms with Crippen LogP contribution in [-0.4, -0.2) is 17.1 Å². The molecule has 0 N–H and O–H groups in total. The van der Waals surface area contributed by atoms with E-state index < -0.39 is 0 Å². The van der Waals surface area contributed by atoms with E-state index >= 15 is 0 Å². The van der Waals surface area contributed by atoms with E-state index in [4.69, 9.17) is 4.74 Å². The first-order chi connectivity index (χ1) is 17.7. The van der Waals surface area contributed by atoms with Crippen LogP contribution in [0.2, 0.25) is 0 Å². The summed E-state index contributed by atoms with van der Waals surface area (Å²) in [7, 11) is 0. The van der Waals surface area contributed by atoms with Crippen LogP contribution in [0.1, 0.15) is 61.1 Å². The van der Waals surface area contributed by atoms with Gasteiger partial charge in [0.05, 0.1) is 6.61 Å². The fraction of sp³-hybridized carbons (Fsp3) is 0.312. The molecule has 0 radical (unpaired) electrons. The quantitative estimate of drug-likeness (QED) is 0.434. The maximum atomic E-state index is 13.6. The van der Waals surface area contributed by atoms with Crippen LogP contribution in [0.3, 0.4) is 0 Å². The third-order valence-corrected chi connectivity index (χ3v) is 11.6. The lowest BCUT2D eigenvalue weighted by Crippen LogP contribution is -2.34. The van der Waals surface area contributed by atoms with Crippen molar-refractivity contribution in [2.24, 2.45) is 0 Å². The number of thioether (sulfide) groups is 2. The number of fused-ring (bicyclic) bond motifs is 6. The Morgan fingerprint density at radius 1 is 0.833 bits per heavy atom. The molecule has 8 rings (SSSR count). The monoisotopic (exact) mass is 510 g/mol. The average molecular weight is 511 g/mol. The SMILES string of the molecule is CCOc1cccc(C2=CC3c4ccc5c6c4=C(CCC=6C4SC(C6=CC=C(F)CC6)=CC54)C3S2)c1. The number of rotatable bonds is 4. The molecule has 0 bridgehead atoms. The smallest absolute Gasteiger partial charge is 0.119 e. The number of hydrogen-bond acceptors (Lipinski definition) is 3. The van der Waals surface area contributed by atoms with Gasteiger partial charge in [0.25, 0.3) is 0 Å². The second-order valence-electron chi connectivity index (χ2n) is 10.5. The summed E-state index contributed by atoms with van der Waals surface area (Å²) in [6.07, 6.45) is 12.4. The molecule has 2 aromatic carbocycles. The number of ether oxygens (including phenoxy) is 1. The molecule has 1 nitrogen and oxygen atoms in total. The zero-order valence-corrected chi connectivity index (χ0v) is 21.9. The second-order valence-corrected chi connectivity index (χ2v) is 12.9. The normalized spacial score (nSPS) is 28.8. The van der Waals surface area contributed by atoms with Gasteiger partial charge in [-0.3, -0.25) is 0 Å². The first kappa shape index (κ1) is 21.6. The molecule has 180 valence electrons. The molecule has 6 aliphatic rings. The van der Waals surface area contributed by atoms with Gasteiger partial charge in [0.1, 0.15) is 11.6 Å². The minimum atomic E-state index is 0.01000. The highest BCUT2D eigenvalue weighted by molar-refractivity contribution is 8.09. The summed E-state index contributed by atoms with van der Waals surface area (Å²) < 4.78 is 19.3. The molecule has 0 fully saturated rings. The molecule has 0 aromatic heterocycles. The summed E-state index contributed by atoms with van der Waals surface area (Å²) in [6, 6.07) is 13.4. The summed E-state index contributed by atoms with van der Waals surface area (Å²) in [6.45, 7) is 2.73. The second kappa shape index (κ2) is 8.03. The van der Waals surface area contributed by atoms with Gasteiger partial charge in [-0.1, -0.05) is 42.5 Å². The Bertz CT molecular complexity index is 1590. The Morgan fingerprint density at radius 3 is 2.19 bits per heavy atom. The minimum Gasteiger partial charge on any atom is -0.494 e. The lowest BCUT2D eigenvalue weighted by atomic mass is 9.93. The van der Waals surface area contributed by atoms with Crippen molar-refractivity contribution in [1.29, 1.82) is 0 Å². The van der Waals surface area contributed by atoms with Crippen molar-refractivity contribution in [3.8, 4) is 5.75 Å². The van der Waals surface area contributed by atoms with Gasteiger partial charge in [0.2, 0.25) is 0 Å². The number of hydrogen-bond donors (Lipinski definition) is 0. The molecule has 4 aliphatic carbocycles. The van der Waals surface area contributed by atoms with Crippen LogP contribution in [-0.2, 0) is 0 Å². The van der Waals surface area contributed by atoms with Crippen LogP contribution in [0.15, 0.2) is 77.0 Å². The highest BCUT2D eigenvalue weighted by Crippen LogP contribution is 2.57. The lowest BCUT2D eigenvalue weighted by Gasteiger charge is -2.20. The predicted octanol–water partition coefficient (Wildman–Crippen LogP) is 7.10. The lowest BCUT2D eigenvalue weighted by molar-refractivity contribution is 0.340. The van der Waals surface area contributed by atoms with Gasteiger partial charge in [-0.05, 0) is 88.2 Å². The van der Waals surface area contributed by atoms with Crippen LogP contribution in [0.4, 0.5) is 4.39 Å². The molecule has 0 saturated heterocycles. The molecular weight excluding hydrogens is 483 g/mol. The molecule has 0 spiro atoms. The molecule has 2 aromatic rings. The van der Waals surface area contributed by atoms with Gasteiger partial charge in [-0.2, -0.15) is 0 Å². The van der Waals surface area contributed by atoms with Crippen molar-refractivity contribution in [2.75, 3.05) is 6.61 Å². The van der Waals surface area contributed by atoms with Crippen molar-refractivity contribution >= 4 is 39.6 Å². The Morgan fingerprint density at radius 2 is 1.53 bits per heavy atom. The molecule has 0 saturated carbocycles. The molecule has 36 heavy (non-hydrogen) atoms. The third kappa shape index (κ3) is 3.04. The van der Waals surface area contributed by atoms with Crippen molar-refractivity contribution < 1.29 is 9.13 Å². The van der Waals surface area contributed by atoms with E-state index in [1.165, 1.54) is 39.4 Å². The summed E-state index contributed by atoms with van der Waals surface area (Å²) >= 11 is 4.10. The van der Waals surface area contributed by atoms with E-state index in [1.807, 2.05) is 30.8 Å². The highest BCUT2D eigenvalue weighted by atomic mass is 32.2. The van der Waals surface area contributed by atoms with E-state index in [-0.39, 0.29) is 5.83 Å². The maximum absolute atomic E-state index is 13.6. The van der Waals surface area contributed by atoms with Crippen LogP contribution >= 0.6 is 23.5 Å². The number of benzene rings is 2. The Kier molecular flexibility index (Phi) is 4.83. The minimum absolute atomic E-state index is 0.01000. The van der Waals surface area contributed by atoms with Crippen molar-refractivity contribution in [3.63, 3.8) is 0 Å². The van der Waals surface area contributed by atoms with E-state index in [2.05, 4.69) is 54.2 Å². The Balaban J connectivity index is 1.18. The summed E-state index contributed by atoms with van der Waals surface area (Å²) in [4.78, 5) is 2.78. The summed E-state index contributed by atoms with van der Waals surface area (Å²) in [5, 5.41) is 4.26. The molecule has 2 aliphatic heterocycles. The largest absolute Gasteiger partial charge is 0.494 e. The van der Waals surface area contributed by atoms with Crippen molar-refractivity contribution in [1.82, 2.24) is 0 Å². The maximum Gasteiger partial charge on any atom is 0.119 e. The van der Waals surface area contributed by atoms with Gasteiger partial charge in [-0.25, -0.2) is 4.39 Å². The molecule has 2 heterocycles. The van der Waals surface area contributed by atoms with Gasteiger partial charge in [-0.15, -0.1) is 23.5 Å². The van der Waals surface area contributed by atoms with Crippen LogP contribution in [0, 0.1) is 0 Å². The Hall–Kier alpha value is -2.43. The fourth-order valence-corrected chi connectivity index (χ4v) is 10.2. The van der Waals surface area contributed by atoms with Crippen LogP contribution in [0.25, 0.3) is 16.1 Å². The summed E-state index contributed by atoms with van der Waals surface area (Å²) in [5.74, 6) is 1.91. The zero-order chi connectivity index (χ0) is 24.0. The van der Waals surface area contributed by atoms with Crippen LogP contribution in [0.5, 0.6) is 5.75 Å². The third-order valence-electron chi connectivity index (χ3n) is 8.65.